The monoisotopic (exact) mass is 405 g/mol. The molecule has 1 atom stereocenters. The van der Waals surface area contributed by atoms with Gasteiger partial charge in [-0.05, 0) is 43.2 Å². The number of ether oxygens (including phenoxy) is 2. The van der Waals surface area contributed by atoms with E-state index in [1.807, 2.05) is 36.4 Å². The molecule has 1 heterocycles. The first kappa shape index (κ1) is 20.1. The van der Waals surface area contributed by atoms with Crippen LogP contribution in [0.5, 0.6) is 5.75 Å². The summed E-state index contributed by atoms with van der Waals surface area (Å²) < 4.78 is 11.1. The zero-order chi connectivity index (χ0) is 19.2. The number of nitrogens with zero attached hydrogens (tertiary/aromatic N) is 1. The summed E-state index contributed by atoms with van der Waals surface area (Å²) >= 11 is 7.80. The lowest BCUT2D eigenvalue weighted by atomic mass is 10.1. The molecule has 1 unspecified atom stereocenters. The summed E-state index contributed by atoms with van der Waals surface area (Å²) in [5.74, 6) is 1.57. The largest absolute Gasteiger partial charge is 0.496 e. The van der Waals surface area contributed by atoms with Crippen LogP contribution >= 0.6 is 23.4 Å². The van der Waals surface area contributed by atoms with Crippen molar-refractivity contribution in [2.75, 3.05) is 26.5 Å². The summed E-state index contributed by atoms with van der Waals surface area (Å²) in [6, 6.07) is 13.2. The summed E-state index contributed by atoms with van der Waals surface area (Å²) in [5.41, 5.74) is 1.59. The number of rotatable bonds is 7. The minimum atomic E-state index is -0.0209. The number of halogens is 1. The van der Waals surface area contributed by atoms with Crippen LogP contribution in [-0.4, -0.2) is 43.4 Å². The summed E-state index contributed by atoms with van der Waals surface area (Å²) in [7, 11) is 3.41. The maximum Gasteiger partial charge on any atom is 0.255 e. The molecule has 0 bridgehead atoms. The first-order valence-electron chi connectivity index (χ1n) is 9.00. The van der Waals surface area contributed by atoms with Crippen molar-refractivity contribution in [1.29, 1.82) is 0 Å². The molecule has 144 valence electrons. The molecule has 1 aliphatic heterocycles. The first-order valence-corrected chi connectivity index (χ1v) is 10.4. The van der Waals surface area contributed by atoms with Crippen LogP contribution in [0, 0.1) is 0 Å². The number of thioether (sulfide) groups is 1. The van der Waals surface area contributed by atoms with Crippen molar-refractivity contribution in [2.45, 2.75) is 30.4 Å². The highest BCUT2D eigenvalue weighted by atomic mass is 35.5. The number of methoxy groups -OCH3 is 1. The van der Waals surface area contributed by atoms with Gasteiger partial charge in [0, 0.05) is 41.4 Å². The Bertz CT molecular complexity index is 793. The van der Waals surface area contributed by atoms with Gasteiger partial charge in [-0.25, -0.2) is 0 Å². The Morgan fingerprint density at radius 2 is 2.15 bits per heavy atom. The molecule has 1 saturated heterocycles. The van der Waals surface area contributed by atoms with Gasteiger partial charge in [-0.15, -0.1) is 11.8 Å². The standard InChI is InChI=1S/C21H24ClNO3S/c1-23(13-15-12-16(22)9-10-19(15)25-2)21(24)18-7-3-4-8-20(18)27-14-17-6-5-11-26-17/h3-4,7-10,12,17H,5-6,11,13-14H2,1-2H3. The minimum Gasteiger partial charge on any atom is -0.496 e. The van der Waals surface area contributed by atoms with Crippen LogP contribution in [0.2, 0.25) is 5.02 Å². The lowest BCUT2D eigenvalue weighted by Crippen LogP contribution is -2.27. The molecule has 4 nitrogen and oxygen atoms in total. The van der Waals surface area contributed by atoms with Crippen molar-refractivity contribution in [2.24, 2.45) is 0 Å². The van der Waals surface area contributed by atoms with Gasteiger partial charge in [0.25, 0.3) is 5.91 Å². The molecule has 1 fully saturated rings. The number of hydrogen-bond acceptors (Lipinski definition) is 4. The van der Waals surface area contributed by atoms with Crippen LogP contribution in [0.15, 0.2) is 47.4 Å². The SMILES string of the molecule is COc1ccc(Cl)cc1CN(C)C(=O)c1ccccc1SCC1CCCO1. The molecular formula is C21H24ClNO3S. The van der Waals surface area contributed by atoms with Crippen molar-refractivity contribution < 1.29 is 14.3 Å². The van der Waals surface area contributed by atoms with E-state index in [4.69, 9.17) is 21.1 Å². The van der Waals surface area contributed by atoms with Crippen molar-refractivity contribution in [3.8, 4) is 5.75 Å². The third kappa shape index (κ3) is 5.18. The fourth-order valence-corrected chi connectivity index (χ4v) is 4.44. The van der Waals surface area contributed by atoms with Crippen LogP contribution < -0.4 is 4.74 Å². The van der Waals surface area contributed by atoms with E-state index in [9.17, 15) is 4.79 Å². The third-order valence-corrected chi connectivity index (χ3v) is 6.00. The van der Waals surface area contributed by atoms with Crippen molar-refractivity contribution in [3.05, 3.63) is 58.6 Å². The molecule has 3 rings (SSSR count). The average Bonchev–Trinajstić information content (AvgIpc) is 3.20. The van der Waals surface area contributed by atoms with Gasteiger partial charge in [-0.3, -0.25) is 4.79 Å². The fourth-order valence-electron chi connectivity index (χ4n) is 3.13. The number of hydrogen-bond donors (Lipinski definition) is 0. The van der Waals surface area contributed by atoms with Gasteiger partial charge < -0.3 is 14.4 Å². The molecule has 0 N–H and O–H groups in total. The summed E-state index contributed by atoms with van der Waals surface area (Å²) in [6.07, 6.45) is 2.50. The molecule has 1 aliphatic rings. The highest BCUT2D eigenvalue weighted by Gasteiger charge is 2.20. The van der Waals surface area contributed by atoms with E-state index in [1.165, 1.54) is 0 Å². The van der Waals surface area contributed by atoms with Crippen LogP contribution in [0.3, 0.4) is 0 Å². The van der Waals surface area contributed by atoms with Crippen LogP contribution in [0.25, 0.3) is 0 Å². The van der Waals surface area contributed by atoms with Crippen LogP contribution in [0.1, 0.15) is 28.8 Å². The average molecular weight is 406 g/mol. The van der Waals surface area contributed by atoms with E-state index in [1.54, 1.807) is 36.9 Å². The van der Waals surface area contributed by atoms with Crippen molar-refractivity contribution >= 4 is 29.3 Å². The molecule has 0 aromatic heterocycles. The number of carbonyl (C=O) groups excluding carboxylic acids is 1. The Labute approximate surface area is 169 Å². The maximum atomic E-state index is 13.1. The van der Waals surface area contributed by atoms with Gasteiger partial charge in [0.2, 0.25) is 0 Å². The first-order chi connectivity index (χ1) is 13.1. The van der Waals surface area contributed by atoms with E-state index in [2.05, 4.69) is 0 Å². The summed E-state index contributed by atoms with van der Waals surface area (Å²) in [5, 5.41) is 0.624. The maximum absolute atomic E-state index is 13.1. The Balaban J connectivity index is 1.72. The lowest BCUT2D eigenvalue weighted by molar-refractivity contribution is 0.0780. The predicted molar refractivity (Wildman–Crippen MR) is 110 cm³/mol. The predicted octanol–water partition coefficient (Wildman–Crippen LogP) is 4.89. The van der Waals surface area contributed by atoms with Gasteiger partial charge in [-0.2, -0.15) is 0 Å². The Morgan fingerprint density at radius 1 is 1.33 bits per heavy atom. The molecule has 6 heteroatoms. The van der Waals surface area contributed by atoms with Gasteiger partial charge in [-0.1, -0.05) is 23.7 Å². The molecule has 0 aliphatic carbocycles. The fraction of sp³-hybridized carbons (Fsp3) is 0.381. The van der Waals surface area contributed by atoms with E-state index < -0.39 is 0 Å². The highest BCUT2D eigenvalue weighted by molar-refractivity contribution is 7.99. The molecule has 2 aromatic carbocycles. The molecule has 0 saturated carbocycles. The second kappa shape index (κ2) is 9.49. The molecule has 0 spiro atoms. The number of amides is 1. The molecule has 27 heavy (non-hydrogen) atoms. The van der Waals surface area contributed by atoms with Gasteiger partial charge >= 0.3 is 0 Å². The summed E-state index contributed by atoms with van der Waals surface area (Å²) in [4.78, 5) is 15.7. The second-order valence-corrected chi connectivity index (χ2v) is 8.06. The quantitative estimate of drug-likeness (QED) is 0.614. The summed E-state index contributed by atoms with van der Waals surface area (Å²) in [6.45, 7) is 1.27. The number of benzene rings is 2. The zero-order valence-electron chi connectivity index (χ0n) is 15.6. The zero-order valence-corrected chi connectivity index (χ0v) is 17.2. The van der Waals surface area contributed by atoms with E-state index in [-0.39, 0.29) is 12.0 Å². The van der Waals surface area contributed by atoms with E-state index in [0.29, 0.717) is 17.1 Å². The van der Waals surface area contributed by atoms with E-state index >= 15 is 0 Å². The van der Waals surface area contributed by atoms with Crippen LogP contribution in [-0.2, 0) is 11.3 Å². The van der Waals surface area contributed by atoms with E-state index in [0.717, 1.165) is 41.4 Å². The highest BCUT2D eigenvalue weighted by Crippen LogP contribution is 2.29. The lowest BCUT2D eigenvalue weighted by Gasteiger charge is -2.21. The Hall–Kier alpha value is -1.69. The molecular weight excluding hydrogens is 382 g/mol. The Morgan fingerprint density at radius 3 is 2.89 bits per heavy atom. The normalized spacial score (nSPS) is 16.3. The van der Waals surface area contributed by atoms with Gasteiger partial charge in [0.1, 0.15) is 5.75 Å². The van der Waals surface area contributed by atoms with Crippen molar-refractivity contribution in [3.63, 3.8) is 0 Å². The minimum absolute atomic E-state index is 0.0209. The van der Waals surface area contributed by atoms with Gasteiger partial charge in [0.15, 0.2) is 0 Å². The smallest absolute Gasteiger partial charge is 0.255 e. The number of carbonyl (C=O) groups is 1. The van der Waals surface area contributed by atoms with Gasteiger partial charge in [0.05, 0.1) is 18.8 Å². The molecule has 1 amide bonds. The van der Waals surface area contributed by atoms with Crippen molar-refractivity contribution in [1.82, 2.24) is 4.90 Å². The third-order valence-electron chi connectivity index (χ3n) is 4.56. The topological polar surface area (TPSA) is 38.8 Å². The Kier molecular flexibility index (Phi) is 7.05. The second-order valence-electron chi connectivity index (χ2n) is 6.56. The van der Waals surface area contributed by atoms with Crippen LogP contribution in [0.4, 0.5) is 0 Å². The molecule has 2 aromatic rings. The molecule has 0 radical (unpaired) electrons.